The molecule has 0 unspecified atom stereocenters. The summed E-state index contributed by atoms with van der Waals surface area (Å²) in [5.41, 5.74) is 1.36. The highest BCUT2D eigenvalue weighted by Crippen LogP contribution is 2.48. The Morgan fingerprint density at radius 3 is 2.81 bits per heavy atom. The van der Waals surface area contributed by atoms with E-state index in [0.717, 1.165) is 69.0 Å². The number of methoxy groups -OCH3 is 1. The quantitative estimate of drug-likeness (QED) is 0.667. The van der Waals surface area contributed by atoms with Crippen LogP contribution < -0.4 is 4.74 Å². The number of aromatic nitrogens is 1. The zero-order valence-electron chi connectivity index (χ0n) is 18.2. The Labute approximate surface area is 188 Å². The molecule has 0 radical (unpaired) electrons. The molecule has 0 amide bonds. The molecular formula is C24H31N3O3S. The third-order valence-electron chi connectivity index (χ3n) is 7.22. The molecule has 3 aliphatic rings. The SMILES string of the molecule is CO[C@@H](C#N)C[C@H]1CCc2sc3nccc(O[C@H]4CC[C@H](N5CCOCC5)CC4)c3c21. The lowest BCUT2D eigenvalue weighted by Crippen LogP contribution is -2.46. The van der Waals surface area contributed by atoms with Crippen LogP contribution in [0.1, 0.15) is 54.9 Å². The average Bonchev–Trinajstić information content (AvgIpc) is 3.38. The summed E-state index contributed by atoms with van der Waals surface area (Å²) in [6, 6.07) is 5.00. The Kier molecular flexibility index (Phi) is 6.42. The molecule has 7 heteroatoms. The standard InChI is InChI=1S/C24H31N3O3S/c1-28-19(15-25)14-16-2-7-21-22(16)23-20(8-9-26-24(23)31-21)30-18-5-3-17(4-6-18)27-10-12-29-13-11-27/h8-9,16-19H,2-7,10-14H2,1H3/t16-,17-,18-,19-/m1/s1. The van der Waals surface area contributed by atoms with Crippen LogP contribution in [0, 0.1) is 11.3 Å². The number of pyridine rings is 1. The van der Waals surface area contributed by atoms with Gasteiger partial charge in [-0.2, -0.15) is 5.26 Å². The van der Waals surface area contributed by atoms with Gasteiger partial charge in [0.05, 0.1) is 30.8 Å². The van der Waals surface area contributed by atoms with E-state index in [1.807, 2.05) is 12.3 Å². The van der Waals surface area contributed by atoms with Gasteiger partial charge in [0.15, 0.2) is 0 Å². The number of rotatable bonds is 6. The van der Waals surface area contributed by atoms with Crippen molar-refractivity contribution in [2.24, 2.45) is 0 Å². The minimum Gasteiger partial charge on any atom is -0.490 e. The van der Waals surface area contributed by atoms with Gasteiger partial charge in [0.1, 0.15) is 16.7 Å². The normalized spacial score (nSPS) is 27.7. The summed E-state index contributed by atoms with van der Waals surface area (Å²) in [6.45, 7) is 3.86. The van der Waals surface area contributed by atoms with E-state index in [0.29, 0.717) is 12.0 Å². The van der Waals surface area contributed by atoms with Gasteiger partial charge in [-0.05, 0) is 62.5 Å². The fourth-order valence-electron chi connectivity index (χ4n) is 5.57. The van der Waals surface area contributed by atoms with Gasteiger partial charge >= 0.3 is 0 Å². The number of nitrogens with zero attached hydrogens (tertiary/aromatic N) is 3. The third-order valence-corrected chi connectivity index (χ3v) is 8.40. The highest BCUT2D eigenvalue weighted by molar-refractivity contribution is 7.19. The topological polar surface area (TPSA) is 67.6 Å². The summed E-state index contributed by atoms with van der Waals surface area (Å²) in [7, 11) is 1.62. The molecule has 5 rings (SSSR count). The van der Waals surface area contributed by atoms with Crippen molar-refractivity contribution in [2.45, 2.75) is 69.1 Å². The lowest BCUT2D eigenvalue weighted by Gasteiger charge is -2.38. The lowest BCUT2D eigenvalue weighted by molar-refractivity contribution is -0.000920. The number of aryl methyl sites for hydroxylation is 1. The maximum absolute atomic E-state index is 9.36. The fraction of sp³-hybridized carbons (Fsp3) is 0.667. The van der Waals surface area contributed by atoms with Crippen LogP contribution in [0.25, 0.3) is 10.2 Å². The summed E-state index contributed by atoms with van der Waals surface area (Å²) in [4.78, 5) is 9.73. The number of hydrogen-bond donors (Lipinski definition) is 0. The van der Waals surface area contributed by atoms with E-state index >= 15 is 0 Å². The molecule has 1 saturated heterocycles. The van der Waals surface area contributed by atoms with Crippen LogP contribution in [-0.2, 0) is 15.9 Å². The van der Waals surface area contributed by atoms with Crippen LogP contribution in [0.2, 0.25) is 0 Å². The van der Waals surface area contributed by atoms with Crippen molar-refractivity contribution in [1.29, 1.82) is 5.26 Å². The molecule has 1 aliphatic heterocycles. The highest BCUT2D eigenvalue weighted by atomic mass is 32.1. The highest BCUT2D eigenvalue weighted by Gasteiger charge is 2.33. The first-order valence-electron chi connectivity index (χ1n) is 11.6. The number of hydrogen-bond acceptors (Lipinski definition) is 7. The minimum atomic E-state index is -0.359. The molecular weight excluding hydrogens is 410 g/mol. The predicted octanol–water partition coefficient (Wildman–Crippen LogP) is 4.28. The Hall–Kier alpha value is -1.72. The minimum absolute atomic E-state index is 0.268. The number of morpholine rings is 1. The van der Waals surface area contributed by atoms with Crippen LogP contribution in [0.3, 0.4) is 0 Å². The Balaban J connectivity index is 1.31. The van der Waals surface area contributed by atoms with Gasteiger partial charge in [0, 0.05) is 37.3 Å². The van der Waals surface area contributed by atoms with E-state index in [4.69, 9.17) is 14.2 Å². The monoisotopic (exact) mass is 441 g/mol. The summed E-state index contributed by atoms with van der Waals surface area (Å²) in [5.74, 6) is 1.33. The van der Waals surface area contributed by atoms with Crippen LogP contribution in [-0.4, -0.2) is 61.5 Å². The molecule has 6 nitrogen and oxygen atoms in total. The number of thiophene rings is 1. The van der Waals surface area contributed by atoms with Crippen molar-refractivity contribution in [2.75, 3.05) is 33.4 Å². The average molecular weight is 442 g/mol. The predicted molar refractivity (Wildman–Crippen MR) is 121 cm³/mol. The third kappa shape index (κ3) is 4.31. The van der Waals surface area contributed by atoms with Crippen molar-refractivity contribution in [1.82, 2.24) is 9.88 Å². The number of nitriles is 1. The van der Waals surface area contributed by atoms with Crippen molar-refractivity contribution in [3.8, 4) is 11.8 Å². The van der Waals surface area contributed by atoms with E-state index in [9.17, 15) is 5.26 Å². The second-order valence-electron chi connectivity index (χ2n) is 8.95. The van der Waals surface area contributed by atoms with E-state index in [1.54, 1.807) is 18.4 Å². The second kappa shape index (κ2) is 9.41. The largest absolute Gasteiger partial charge is 0.490 e. The van der Waals surface area contributed by atoms with Gasteiger partial charge in [-0.1, -0.05) is 0 Å². The first kappa shape index (κ1) is 21.1. The van der Waals surface area contributed by atoms with Crippen LogP contribution in [0.5, 0.6) is 5.75 Å². The van der Waals surface area contributed by atoms with Crippen molar-refractivity contribution in [3.63, 3.8) is 0 Å². The molecule has 3 heterocycles. The molecule has 0 aromatic carbocycles. The van der Waals surface area contributed by atoms with E-state index in [1.165, 1.54) is 28.7 Å². The first-order valence-corrected chi connectivity index (χ1v) is 12.4. The van der Waals surface area contributed by atoms with Crippen molar-refractivity contribution < 1.29 is 14.2 Å². The first-order chi connectivity index (χ1) is 15.3. The fourth-order valence-corrected chi connectivity index (χ4v) is 6.83. The molecule has 0 spiro atoms. The van der Waals surface area contributed by atoms with Crippen LogP contribution in [0.4, 0.5) is 0 Å². The van der Waals surface area contributed by atoms with Crippen molar-refractivity contribution in [3.05, 3.63) is 22.7 Å². The molecule has 2 aromatic rings. The molecule has 166 valence electrons. The zero-order valence-corrected chi connectivity index (χ0v) is 19.0. The molecule has 0 bridgehead atoms. The van der Waals surface area contributed by atoms with Gasteiger partial charge in [-0.15, -0.1) is 11.3 Å². The molecule has 2 atom stereocenters. The zero-order chi connectivity index (χ0) is 21.2. The van der Waals surface area contributed by atoms with E-state index < -0.39 is 0 Å². The molecule has 2 aromatic heterocycles. The second-order valence-corrected chi connectivity index (χ2v) is 10.0. The van der Waals surface area contributed by atoms with Gasteiger partial charge in [0.25, 0.3) is 0 Å². The molecule has 2 fully saturated rings. The summed E-state index contributed by atoms with van der Waals surface area (Å²) in [5, 5.41) is 10.6. The lowest BCUT2D eigenvalue weighted by atomic mass is 9.91. The molecule has 2 aliphatic carbocycles. The van der Waals surface area contributed by atoms with E-state index in [-0.39, 0.29) is 12.2 Å². The number of ether oxygens (including phenoxy) is 3. The summed E-state index contributed by atoms with van der Waals surface area (Å²) < 4.78 is 17.5. The Morgan fingerprint density at radius 1 is 1.26 bits per heavy atom. The van der Waals surface area contributed by atoms with Crippen LogP contribution >= 0.6 is 11.3 Å². The van der Waals surface area contributed by atoms with Gasteiger partial charge < -0.3 is 14.2 Å². The smallest absolute Gasteiger partial charge is 0.144 e. The molecule has 31 heavy (non-hydrogen) atoms. The van der Waals surface area contributed by atoms with E-state index in [2.05, 4.69) is 16.0 Å². The molecule has 1 saturated carbocycles. The van der Waals surface area contributed by atoms with Crippen molar-refractivity contribution >= 4 is 21.6 Å². The Bertz CT molecular complexity index is 941. The Morgan fingerprint density at radius 2 is 2.06 bits per heavy atom. The summed E-state index contributed by atoms with van der Waals surface area (Å²) >= 11 is 1.79. The van der Waals surface area contributed by atoms with Crippen LogP contribution in [0.15, 0.2) is 12.3 Å². The summed E-state index contributed by atoms with van der Waals surface area (Å²) in [6.07, 6.45) is 9.26. The number of fused-ring (bicyclic) bond motifs is 3. The van der Waals surface area contributed by atoms with Gasteiger partial charge in [-0.25, -0.2) is 4.98 Å². The molecule has 0 N–H and O–H groups in total. The van der Waals surface area contributed by atoms with Gasteiger partial charge in [0.2, 0.25) is 0 Å². The van der Waals surface area contributed by atoms with Gasteiger partial charge in [-0.3, -0.25) is 4.90 Å². The maximum atomic E-state index is 9.36. The maximum Gasteiger partial charge on any atom is 0.144 e.